The molecule has 0 atom stereocenters. The number of rotatable bonds is 3. The molecule has 1 fully saturated rings. The van der Waals surface area contributed by atoms with Crippen molar-refractivity contribution in [1.82, 2.24) is 15.2 Å². The molecule has 0 unspecified atom stereocenters. The second kappa shape index (κ2) is 5.98. The molecule has 1 aliphatic heterocycles. The summed E-state index contributed by atoms with van der Waals surface area (Å²) in [4.78, 5) is 6.04. The van der Waals surface area contributed by atoms with Gasteiger partial charge in [-0.15, -0.1) is 0 Å². The molecule has 0 saturated carbocycles. The van der Waals surface area contributed by atoms with Crippen molar-refractivity contribution in [3.05, 3.63) is 35.0 Å². The average Bonchev–Trinajstić information content (AvgIpc) is 2.66. The Morgan fingerprint density at radius 3 is 2.95 bits per heavy atom. The Balaban J connectivity index is 1.74. The Bertz CT molecular complexity index is 577. The minimum atomic E-state index is 1.13. The van der Waals surface area contributed by atoms with E-state index in [0.29, 0.717) is 0 Å². The summed E-state index contributed by atoms with van der Waals surface area (Å²) in [6.45, 7) is 10.3. The number of nitrogens with one attached hydrogen (secondary N) is 2. The van der Waals surface area contributed by atoms with Crippen LogP contribution in [0.2, 0.25) is 0 Å². The van der Waals surface area contributed by atoms with Crippen LogP contribution >= 0.6 is 0 Å². The van der Waals surface area contributed by atoms with Gasteiger partial charge in [0.1, 0.15) is 0 Å². The predicted molar refractivity (Wildman–Crippen MR) is 85.4 cm³/mol. The van der Waals surface area contributed by atoms with Gasteiger partial charge in [-0.1, -0.05) is 11.6 Å². The quantitative estimate of drug-likeness (QED) is 0.899. The maximum Gasteiger partial charge on any atom is 0.0486 e. The molecule has 3 heteroatoms. The standard InChI is InChI=1S/C17H25N3/c1-13-10-14(2)17-16(11-13)15(12-19-17)4-8-20-7-3-5-18-6-9-20/h10-12,18-19H,3-9H2,1-2H3. The van der Waals surface area contributed by atoms with Gasteiger partial charge >= 0.3 is 0 Å². The minimum absolute atomic E-state index is 1.13. The molecule has 2 heterocycles. The molecule has 20 heavy (non-hydrogen) atoms. The van der Waals surface area contributed by atoms with Crippen LogP contribution in [0.3, 0.4) is 0 Å². The number of aromatic amines is 1. The molecule has 0 bridgehead atoms. The zero-order chi connectivity index (χ0) is 13.9. The molecule has 2 N–H and O–H groups in total. The largest absolute Gasteiger partial charge is 0.361 e. The molecule has 0 radical (unpaired) electrons. The summed E-state index contributed by atoms with van der Waals surface area (Å²) in [5.41, 5.74) is 5.48. The van der Waals surface area contributed by atoms with Crippen LogP contribution in [0.4, 0.5) is 0 Å². The minimum Gasteiger partial charge on any atom is -0.361 e. The number of hydrogen-bond acceptors (Lipinski definition) is 2. The summed E-state index contributed by atoms with van der Waals surface area (Å²) in [5, 5.41) is 4.88. The monoisotopic (exact) mass is 271 g/mol. The molecule has 1 aromatic heterocycles. The lowest BCUT2D eigenvalue weighted by molar-refractivity contribution is 0.296. The van der Waals surface area contributed by atoms with Gasteiger partial charge in [-0.05, 0) is 57.0 Å². The van der Waals surface area contributed by atoms with E-state index in [1.54, 1.807) is 0 Å². The van der Waals surface area contributed by atoms with Crippen molar-refractivity contribution in [2.75, 3.05) is 32.7 Å². The first-order valence-corrected chi connectivity index (χ1v) is 7.74. The fourth-order valence-corrected chi connectivity index (χ4v) is 3.26. The van der Waals surface area contributed by atoms with E-state index < -0.39 is 0 Å². The molecule has 1 aromatic carbocycles. The van der Waals surface area contributed by atoms with E-state index in [9.17, 15) is 0 Å². The van der Waals surface area contributed by atoms with Gasteiger partial charge < -0.3 is 15.2 Å². The number of benzene rings is 1. The molecule has 0 aliphatic carbocycles. The number of hydrogen-bond donors (Lipinski definition) is 2. The van der Waals surface area contributed by atoms with Crippen LogP contribution in [0.15, 0.2) is 18.3 Å². The highest BCUT2D eigenvalue weighted by atomic mass is 15.1. The molecule has 3 rings (SSSR count). The summed E-state index contributed by atoms with van der Waals surface area (Å²) >= 11 is 0. The van der Waals surface area contributed by atoms with Gasteiger partial charge in [0.15, 0.2) is 0 Å². The summed E-state index contributed by atoms with van der Waals surface area (Å²) < 4.78 is 0. The molecular weight excluding hydrogens is 246 g/mol. The van der Waals surface area contributed by atoms with E-state index in [2.05, 4.69) is 47.4 Å². The number of fused-ring (bicyclic) bond motifs is 1. The second-order valence-corrected chi connectivity index (χ2v) is 6.01. The van der Waals surface area contributed by atoms with E-state index in [1.807, 2.05) is 0 Å². The van der Waals surface area contributed by atoms with Crippen molar-refractivity contribution in [3.63, 3.8) is 0 Å². The molecule has 1 saturated heterocycles. The maximum atomic E-state index is 3.47. The Labute approximate surface area is 121 Å². The molecule has 0 spiro atoms. The van der Waals surface area contributed by atoms with Gasteiger partial charge in [0, 0.05) is 36.7 Å². The first-order valence-electron chi connectivity index (χ1n) is 7.74. The summed E-state index contributed by atoms with van der Waals surface area (Å²) in [5.74, 6) is 0. The van der Waals surface area contributed by atoms with Crippen molar-refractivity contribution in [2.24, 2.45) is 0 Å². The van der Waals surface area contributed by atoms with Gasteiger partial charge in [0.2, 0.25) is 0 Å². The number of H-pyrrole nitrogens is 1. The number of aromatic nitrogens is 1. The highest BCUT2D eigenvalue weighted by molar-refractivity contribution is 5.86. The predicted octanol–water partition coefficient (Wildman–Crippen LogP) is 2.62. The molecule has 3 nitrogen and oxygen atoms in total. The third kappa shape index (κ3) is 2.89. The number of aryl methyl sites for hydroxylation is 2. The SMILES string of the molecule is Cc1cc(C)c2[nH]cc(CCN3CCCNCC3)c2c1. The van der Waals surface area contributed by atoms with Gasteiger partial charge in [0.25, 0.3) is 0 Å². The Kier molecular flexibility index (Phi) is 4.08. The second-order valence-electron chi connectivity index (χ2n) is 6.01. The van der Waals surface area contributed by atoms with Crippen LogP contribution in [-0.4, -0.2) is 42.6 Å². The van der Waals surface area contributed by atoms with E-state index in [1.165, 1.54) is 60.2 Å². The fourth-order valence-electron chi connectivity index (χ4n) is 3.26. The fraction of sp³-hybridized carbons (Fsp3) is 0.529. The third-order valence-corrected chi connectivity index (χ3v) is 4.35. The van der Waals surface area contributed by atoms with Gasteiger partial charge in [-0.25, -0.2) is 0 Å². The van der Waals surface area contributed by atoms with Crippen molar-refractivity contribution >= 4 is 10.9 Å². The molecule has 1 aliphatic rings. The zero-order valence-electron chi connectivity index (χ0n) is 12.6. The van der Waals surface area contributed by atoms with Crippen molar-refractivity contribution in [2.45, 2.75) is 26.7 Å². The third-order valence-electron chi connectivity index (χ3n) is 4.35. The van der Waals surface area contributed by atoms with Crippen molar-refractivity contribution < 1.29 is 0 Å². The first-order chi connectivity index (χ1) is 9.74. The lowest BCUT2D eigenvalue weighted by Crippen LogP contribution is -2.30. The average molecular weight is 271 g/mol. The van der Waals surface area contributed by atoms with Crippen LogP contribution in [0.1, 0.15) is 23.1 Å². The molecule has 0 amide bonds. The van der Waals surface area contributed by atoms with Crippen molar-refractivity contribution in [1.29, 1.82) is 0 Å². The lowest BCUT2D eigenvalue weighted by atomic mass is 10.0. The van der Waals surface area contributed by atoms with Crippen LogP contribution in [0, 0.1) is 13.8 Å². The number of nitrogens with zero attached hydrogens (tertiary/aromatic N) is 1. The first kappa shape index (κ1) is 13.7. The van der Waals surface area contributed by atoms with Gasteiger partial charge in [-0.3, -0.25) is 0 Å². The lowest BCUT2D eigenvalue weighted by Gasteiger charge is -2.18. The van der Waals surface area contributed by atoms with Crippen LogP contribution in [-0.2, 0) is 6.42 Å². The zero-order valence-corrected chi connectivity index (χ0v) is 12.6. The Morgan fingerprint density at radius 2 is 2.05 bits per heavy atom. The van der Waals surface area contributed by atoms with Crippen LogP contribution in [0.25, 0.3) is 10.9 Å². The molecule has 2 aromatic rings. The summed E-state index contributed by atoms with van der Waals surface area (Å²) in [6.07, 6.45) is 4.61. The summed E-state index contributed by atoms with van der Waals surface area (Å²) in [7, 11) is 0. The molecular formula is C17H25N3. The Morgan fingerprint density at radius 1 is 1.15 bits per heavy atom. The maximum absolute atomic E-state index is 3.47. The van der Waals surface area contributed by atoms with Crippen molar-refractivity contribution in [3.8, 4) is 0 Å². The molecule has 108 valence electrons. The highest BCUT2D eigenvalue weighted by Gasteiger charge is 2.11. The van der Waals surface area contributed by atoms with E-state index >= 15 is 0 Å². The Hall–Kier alpha value is -1.32. The topological polar surface area (TPSA) is 31.1 Å². The normalized spacial score (nSPS) is 17.5. The van der Waals surface area contributed by atoms with E-state index in [0.717, 1.165) is 13.0 Å². The highest BCUT2D eigenvalue weighted by Crippen LogP contribution is 2.23. The van der Waals surface area contributed by atoms with E-state index in [-0.39, 0.29) is 0 Å². The van der Waals surface area contributed by atoms with Crippen LogP contribution < -0.4 is 5.32 Å². The smallest absolute Gasteiger partial charge is 0.0486 e. The van der Waals surface area contributed by atoms with Gasteiger partial charge in [0.05, 0.1) is 0 Å². The van der Waals surface area contributed by atoms with E-state index in [4.69, 9.17) is 0 Å². The summed E-state index contributed by atoms with van der Waals surface area (Å²) in [6, 6.07) is 4.57. The van der Waals surface area contributed by atoms with Crippen LogP contribution in [0.5, 0.6) is 0 Å². The van der Waals surface area contributed by atoms with Gasteiger partial charge in [-0.2, -0.15) is 0 Å².